The Bertz CT molecular complexity index is 486. The summed E-state index contributed by atoms with van der Waals surface area (Å²) in [6.07, 6.45) is 2.99. The standard InChI is InChI=1S/C16H24N2O2S2/c1-12(14-3-2-7-22-14)10-17-15(19)18-13-4-6-20-16(9-13)5-8-21-11-16/h2-3,7,12-13H,4-6,8-11H2,1H3,(H2,17,18,19)/t12-,13-,16+/m1/s1. The number of urea groups is 1. The van der Waals surface area contributed by atoms with Crippen molar-refractivity contribution < 1.29 is 9.53 Å². The van der Waals surface area contributed by atoms with Gasteiger partial charge in [-0.25, -0.2) is 4.79 Å². The van der Waals surface area contributed by atoms with Gasteiger partial charge in [-0.15, -0.1) is 11.3 Å². The molecule has 0 aliphatic carbocycles. The molecule has 2 aliphatic heterocycles. The minimum atomic E-state index is -0.0453. The predicted octanol–water partition coefficient (Wildman–Crippen LogP) is 3.21. The Labute approximate surface area is 140 Å². The van der Waals surface area contributed by atoms with Gasteiger partial charge in [0.15, 0.2) is 0 Å². The molecule has 2 saturated heterocycles. The molecule has 4 nitrogen and oxygen atoms in total. The highest BCUT2D eigenvalue weighted by molar-refractivity contribution is 7.99. The third-order valence-corrected chi connectivity index (χ3v) is 6.82. The molecule has 2 aliphatic rings. The highest BCUT2D eigenvalue weighted by atomic mass is 32.2. The van der Waals surface area contributed by atoms with Crippen LogP contribution in [-0.4, -0.2) is 42.3 Å². The molecule has 2 fully saturated rings. The summed E-state index contributed by atoms with van der Waals surface area (Å²) >= 11 is 3.70. The van der Waals surface area contributed by atoms with Crippen LogP contribution in [0, 0.1) is 0 Å². The lowest BCUT2D eigenvalue weighted by atomic mass is 9.90. The Kier molecular flexibility index (Phi) is 5.31. The molecular formula is C16H24N2O2S2. The molecule has 0 bridgehead atoms. The monoisotopic (exact) mass is 340 g/mol. The topological polar surface area (TPSA) is 50.4 Å². The highest BCUT2D eigenvalue weighted by Gasteiger charge is 2.40. The van der Waals surface area contributed by atoms with Crippen molar-refractivity contribution in [2.45, 2.75) is 43.7 Å². The van der Waals surface area contributed by atoms with E-state index in [2.05, 4.69) is 35.1 Å². The minimum absolute atomic E-state index is 0.0190. The van der Waals surface area contributed by atoms with Crippen molar-refractivity contribution in [1.29, 1.82) is 0 Å². The second-order valence-corrected chi connectivity index (χ2v) is 8.38. The van der Waals surface area contributed by atoms with E-state index in [9.17, 15) is 4.79 Å². The third-order valence-electron chi connectivity index (χ3n) is 4.49. The van der Waals surface area contributed by atoms with Gasteiger partial charge in [0.1, 0.15) is 0 Å². The smallest absolute Gasteiger partial charge is 0.315 e. The molecular weight excluding hydrogens is 316 g/mol. The van der Waals surface area contributed by atoms with Crippen LogP contribution in [0.4, 0.5) is 4.79 Å². The number of carbonyl (C=O) groups excluding carboxylic acids is 1. The number of rotatable bonds is 4. The van der Waals surface area contributed by atoms with Gasteiger partial charge in [-0.3, -0.25) is 0 Å². The maximum Gasteiger partial charge on any atom is 0.315 e. The zero-order valence-electron chi connectivity index (χ0n) is 13.0. The molecule has 3 rings (SSSR count). The van der Waals surface area contributed by atoms with Gasteiger partial charge in [-0.05, 0) is 36.5 Å². The Morgan fingerprint density at radius 1 is 1.59 bits per heavy atom. The number of nitrogens with one attached hydrogen (secondary N) is 2. The normalized spacial score (nSPS) is 29.4. The molecule has 0 radical (unpaired) electrons. The Morgan fingerprint density at radius 2 is 2.50 bits per heavy atom. The van der Waals surface area contributed by atoms with Crippen molar-refractivity contribution in [3.05, 3.63) is 22.4 Å². The van der Waals surface area contributed by atoms with Crippen molar-refractivity contribution >= 4 is 29.1 Å². The summed E-state index contributed by atoms with van der Waals surface area (Å²) in [5.41, 5.74) is 0.0190. The summed E-state index contributed by atoms with van der Waals surface area (Å²) in [4.78, 5) is 13.4. The molecule has 3 heterocycles. The van der Waals surface area contributed by atoms with E-state index in [0.29, 0.717) is 12.5 Å². The van der Waals surface area contributed by atoms with Gasteiger partial charge in [-0.1, -0.05) is 13.0 Å². The van der Waals surface area contributed by atoms with Crippen LogP contribution in [0.25, 0.3) is 0 Å². The first-order chi connectivity index (χ1) is 10.7. The molecule has 0 aromatic carbocycles. The lowest BCUT2D eigenvalue weighted by Crippen LogP contribution is -2.51. The van der Waals surface area contributed by atoms with Crippen molar-refractivity contribution in [2.24, 2.45) is 0 Å². The molecule has 122 valence electrons. The summed E-state index contributed by atoms with van der Waals surface area (Å²) in [7, 11) is 0. The van der Waals surface area contributed by atoms with Crippen LogP contribution in [0.2, 0.25) is 0 Å². The maximum absolute atomic E-state index is 12.1. The van der Waals surface area contributed by atoms with Gasteiger partial charge in [0.05, 0.1) is 5.60 Å². The molecule has 1 aromatic heterocycles. The molecule has 1 aromatic rings. The fourth-order valence-electron chi connectivity index (χ4n) is 3.17. The van der Waals surface area contributed by atoms with Crippen molar-refractivity contribution in [3.8, 4) is 0 Å². The van der Waals surface area contributed by atoms with Crippen LogP contribution < -0.4 is 10.6 Å². The van der Waals surface area contributed by atoms with Crippen LogP contribution in [-0.2, 0) is 4.74 Å². The molecule has 2 N–H and O–H groups in total. The number of hydrogen-bond acceptors (Lipinski definition) is 4. The quantitative estimate of drug-likeness (QED) is 0.885. The van der Waals surface area contributed by atoms with Gasteiger partial charge >= 0.3 is 6.03 Å². The van der Waals surface area contributed by atoms with Gasteiger partial charge < -0.3 is 15.4 Å². The lowest BCUT2D eigenvalue weighted by molar-refractivity contribution is -0.0684. The average Bonchev–Trinajstić information content (AvgIpc) is 3.17. The zero-order chi connectivity index (χ0) is 15.4. The van der Waals surface area contributed by atoms with Crippen molar-refractivity contribution in [2.75, 3.05) is 24.7 Å². The SMILES string of the molecule is C[C@H](CNC(=O)N[C@@H]1CCO[C@@]2(CCSC2)C1)c1cccs1. The minimum Gasteiger partial charge on any atom is -0.374 e. The van der Waals surface area contributed by atoms with Crippen molar-refractivity contribution in [1.82, 2.24) is 10.6 Å². The molecule has 2 amide bonds. The summed E-state index contributed by atoms with van der Waals surface area (Å²) < 4.78 is 5.99. The first-order valence-electron chi connectivity index (χ1n) is 7.96. The van der Waals surface area contributed by atoms with Crippen molar-refractivity contribution in [3.63, 3.8) is 0 Å². The number of thiophene rings is 1. The lowest BCUT2D eigenvalue weighted by Gasteiger charge is -2.38. The van der Waals surface area contributed by atoms with E-state index in [-0.39, 0.29) is 17.7 Å². The van der Waals surface area contributed by atoms with Crippen LogP contribution in [0.15, 0.2) is 17.5 Å². The number of amides is 2. The van der Waals surface area contributed by atoms with E-state index in [1.165, 1.54) is 10.6 Å². The van der Waals surface area contributed by atoms with E-state index in [1.54, 1.807) is 11.3 Å². The van der Waals surface area contributed by atoms with Crippen LogP contribution in [0.5, 0.6) is 0 Å². The number of carbonyl (C=O) groups is 1. The van der Waals surface area contributed by atoms with E-state index in [1.807, 2.05) is 11.8 Å². The summed E-state index contributed by atoms with van der Waals surface area (Å²) in [6.45, 7) is 3.58. The van der Waals surface area contributed by atoms with Crippen LogP contribution in [0.1, 0.15) is 37.0 Å². The molecule has 22 heavy (non-hydrogen) atoms. The maximum atomic E-state index is 12.1. The van der Waals surface area contributed by atoms with E-state index in [0.717, 1.165) is 31.6 Å². The molecule has 0 unspecified atom stereocenters. The molecule has 3 atom stereocenters. The predicted molar refractivity (Wildman–Crippen MR) is 92.9 cm³/mol. The zero-order valence-corrected chi connectivity index (χ0v) is 14.6. The largest absolute Gasteiger partial charge is 0.374 e. The number of hydrogen-bond donors (Lipinski definition) is 2. The van der Waals surface area contributed by atoms with Gasteiger partial charge in [0.2, 0.25) is 0 Å². The second-order valence-electron chi connectivity index (χ2n) is 6.29. The van der Waals surface area contributed by atoms with Crippen LogP contribution in [0.3, 0.4) is 0 Å². The Morgan fingerprint density at radius 3 is 3.23 bits per heavy atom. The fraction of sp³-hybridized carbons (Fsp3) is 0.688. The Hall–Kier alpha value is -0.720. The van der Waals surface area contributed by atoms with Gasteiger partial charge in [-0.2, -0.15) is 11.8 Å². The van der Waals surface area contributed by atoms with E-state index < -0.39 is 0 Å². The van der Waals surface area contributed by atoms with Crippen LogP contribution >= 0.6 is 23.1 Å². The highest BCUT2D eigenvalue weighted by Crippen LogP contribution is 2.38. The first-order valence-corrected chi connectivity index (χ1v) is 10.00. The fourth-order valence-corrected chi connectivity index (χ4v) is 5.33. The summed E-state index contributed by atoms with van der Waals surface area (Å²) in [6, 6.07) is 4.37. The second kappa shape index (κ2) is 7.23. The number of thioether (sulfide) groups is 1. The van der Waals surface area contributed by atoms with E-state index >= 15 is 0 Å². The Balaban J connectivity index is 1.43. The van der Waals surface area contributed by atoms with E-state index in [4.69, 9.17) is 4.74 Å². The molecule has 6 heteroatoms. The number of ether oxygens (including phenoxy) is 1. The van der Waals surface area contributed by atoms with Gasteiger partial charge in [0, 0.05) is 35.7 Å². The summed E-state index contributed by atoms with van der Waals surface area (Å²) in [5.74, 6) is 2.61. The average molecular weight is 341 g/mol. The van der Waals surface area contributed by atoms with Gasteiger partial charge in [0.25, 0.3) is 0 Å². The summed E-state index contributed by atoms with van der Waals surface area (Å²) in [5, 5.41) is 8.22. The molecule has 0 saturated carbocycles. The third kappa shape index (κ3) is 3.97. The first kappa shape index (κ1) is 16.1. The molecule has 1 spiro atoms.